The number of benzene rings is 4. The number of rotatable bonds is 8. The van der Waals surface area contributed by atoms with Gasteiger partial charge in [0.2, 0.25) is 5.91 Å². The maximum Gasteiger partial charge on any atom is 0.632 e. The Morgan fingerprint density at radius 2 is 1.36 bits per heavy atom. The highest BCUT2D eigenvalue weighted by Gasteiger charge is 2.36. The lowest BCUT2D eigenvalue weighted by atomic mass is 9.79. The third-order valence-electron chi connectivity index (χ3n) is 11.8. The van der Waals surface area contributed by atoms with Crippen molar-refractivity contribution in [2.45, 2.75) is 57.0 Å². The first kappa shape index (κ1) is 35.8. The fourth-order valence-corrected chi connectivity index (χ4v) is 8.64. The number of hydrogen-bond donors (Lipinski definition) is 3. The van der Waals surface area contributed by atoms with Gasteiger partial charge < -0.3 is 40.0 Å². The van der Waals surface area contributed by atoms with Crippen LogP contribution in [0, 0.1) is 0 Å². The molecule has 2 saturated heterocycles. The molecular formula is C44H44BN5O6. The molecule has 3 aliphatic rings. The Bertz CT molecular complexity index is 2520. The fraction of sp³-hybridized carbons (Fsp3) is 0.295. The second-order valence-corrected chi connectivity index (χ2v) is 15.3. The summed E-state index contributed by atoms with van der Waals surface area (Å²) in [6.45, 7) is 3.70. The van der Waals surface area contributed by atoms with E-state index >= 15 is 0 Å². The number of hydrogen-bond acceptors (Lipinski definition) is 8. The third kappa shape index (κ3) is 7.06. The molecule has 6 aromatic rings. The van der Waals surface area contributed by atoms with Crippen LogP contribution in [0.25, 0.3) is 21.9 Å². The highest BCUT2D eigenvalue weighted by molar-refractivity contribution is 6.64. The average Bonchev–Trinajstić information content (AvgIpc) is 3.87. The van der Waals surface area contributed by atoms with E-state index in [2.05, 4.69) is 35.3 Å². The summed E-state index contributed by atoms with van der Waals surface area (Å²) in [4.78, 5) is 46.9. The van der Waals surface area contributed by atoms with Gasteiger partial charge in [-0.15, -0.1) is 0 Å². The molecule has 0 unspecified atom stereocenters. The van der Waals surface area contributed by atoms with Gasteiger partial charge in [0.05, 0.1) is 6.42 Å². The monoisotopic (exact) mass is 749 g/mol. The van der Waals surface area contributed by atoms with E-state index in [1.807, 2.05) is 52.3 Å². The number of carbonyl (C=O) groups excluding carboxylic acids is 2. The van der Waals surface area contributed by atoms with Crippen molar-refractivity contribution < 1.29 is 23.3 Å². The number of nitrogens with zero attached hydrogens (tertiary/aromatic N) is 2. The van der Waals surface area contributed by atoms with Crippen molar-refractivity contribution in [2.75, 3.05) is 26.2 Å². The van der Waals surface area contributed by atoms with Gasteiger partial charge in [0.15, 0.2) is 0 Å². The summed E-state index contributed by atoms with van der Waals surface area (Å²) in [6, 6.07) is 29.3. The Morgan fingerprint density at radius 1 is 0.732 bits per heavy atom. The van der Waals surface area contributed by atoms with Crippen molar-refractivity contribution in [1.82, 2.24) is 14.8 Å². The van der Waals surface area contributed by atoms with Crippen LogP contribution in [0.15, 0.2) is 100 Å². The first-order valence-electron chi connectivity index (χ1n) is 19.5. The van der Waals surface area contributed by atoms with Crippen LogP contribution in [0.1, 0.15) is 75.8 Å². The zero-order valence-corrected chi connectivity index (χ0v) is 31.2. The summed E-state index contributed by atoms with van der Waals surface area (Å²) in [7, 11) is -0.749. The van der Waals surface area contributed by atoms with E-state index in [0.717, 1.165) is 53.2 Å². The Hall–Kier alpha value is -5.85. The number of nitrogens with one attached hydrogen (secondary N) is 1. The van der Waals surface area contributed by atoms with Crippen LogP contribution < -0.4 is 31.9 Å². The summed E-state index contributed by atoms with van der Waals surface area (Å²) in [6.07, 6.45) is 3.62. The fourth-order valence-electron chi connectivity index (χ4n) is 8.64. The molecule has 2 aromatic heterocycles. The van der Waals surface area contributed by atoms with E-state index in [-0.39, 0.29) is 18.2 Å². The van der Waals surface area contributed by atoms with Gasteiger partial charge >= 0.3 is 12.7 Å². The molecule has 0 aliphatic carbocycles. The van der Waals surface area contributed by atoms with Crippen LogP contribution in [-0.4, -0.2) is 59.9 Å². The van der Waals surface area contributed by atoms with E-state index < -0.39 is 12.7 Å². The maximum atomic E-state index is 13.6. The molecule has 2 fully saturated rings. The van der Waals surface area contributed by atoms with Crippen LogP contribution in [-0.2, 0) is 24.3 Å². The molecule has 5 N–H and O–H groups in total. The van der Waals surface area contributed by atoms with Crippen LogP contribution in [0.2, 0.25) is 0 Å². The number of nitrogens with two attached hydrogens (primary N) is 2. The smallest absolute Gasteiger partial charge is 0.519 e. The topological polar surface area (TPSA) is 157 Å². The minimum absolute atomic E-state index is 0.0155. The molecule has 11 nitrogen and oxygen atoms in total. The number of carbonyl (C=O) groups is 2. The molecule has 12 heteroatoms. The van der Waals surface area contributed by atoms with Crippen molar-refractivity contribution in [3.63, 3.8) is 0 Å². The Kier molecular flexibility index (Phi) is 9.60. The number of fused-ring (bicyclic) bond motifs is 3. The zero-order valence-electron chi connectivity index (χ0n) is 31.2. The average molecular weight is 750 g/mol. The second-order valence-electron chi connectivity index (χ2n) is 15.3. The lowest BCUT2D eigenvalue weighted by molar-refractivity contribution is -0.131. The standard InChI is InChI=1S/C44H44BN5O6/c46-25-27-3-1-5-31(17-27)29-9-13-49(14-10-29)42(51)21-33-22-43(52)54-39-24-41-40(23-36(33)39)55-45(56-41)35-7-8-37-34(19-35)20-38(48-37)44(53)50-15-11-30(12-16-50)32-6-2-4-28(18-32)26-47/h1-8,17-20,22-24,29-30,48H,9-16,21,25-26,46-47H2. The SMILES string of the molecule is NCc1cccc(C2CCN(C(=O)Cc3cc(=O)oc4cc5c(cc34)OB(c3ccc4[nH]c(C(=O)N6CCC(c7cccc(CN)c7)CC6)cc4c3)O5)CC2)c1. The van der Waals surface area contributed by atoms with Crippen molar-refractivity contribution >= 4 is 46.3 Å². The molecular weight excluding hydrogens is 705 g/mol. The number of H-pyrrole nitrogens is 1. The lowest BCUT2D eigenvalue weighted by Crippen LogP contribution is -2.39. The number of aromatic nitrogens is 1. The van der Waals surface area contributed by atoms with Gasteiger partial charge in [-0.2, -0.15) is 0 Å². The number of likely N-dealkylation sites (tertiary alicyclic amines) is 2. The van der Waals surface area contributed by atoms with Gasteiger partial charge in [0, 0.05) is 67.8 Å². The quantitative estimate of drug-likeness (QED) is 0.139. The number of piperidine rings is 2. The number of amides is 2. The summed E-state index contributed by atoms with van der Waals surface area (Å²) >= 11 is 0. The van der Waals surface area contributed by atoms with Crippen molar-refractivity contribution in [3.8, 4) is 11.5 Å². The van der Waals surface area contributed by atoms with Gasteiger partial charge in [-0.1, -0.05) is 60.7 Å². The molecule has 0 radical (unpaired) electrons. The first-order chi connectivity index (χ1) is 27.3. The van der Waals surface area contributed by atoms with Gasteiger partial charge in [0.1, 0.15) is 22.8 Å². The largest absolute Gasteiger partial charge is 0.632 e. The molecule has 5 heterocycles. The van der Waals surface area contributed by atoms with Gasteiger partial charge in [-0.25, -0.2) is 4.79 Å². The highest BCUT2D eigenvalue weighted by atomic mass is 16.6. The van der Waals surface area contributed by atoms with Gasteiger partial charge in [-0.05, 0) is 88.9 Å². The minimum atomic E-state index is -0.749. The van der Waals surface area contributed by atoms with E-state index in [1.165, 1.54) is 17.2 Å². The Balaban J connectivity index is 0.861. The molecule has 0 atom stereocenters. The molecule has 56 heavy (non-hydrogen) atoms. The molecule has 0 bridgehead atoms. The summed E-state index contributed by atoms with van der Waals surface area (Å²) < 4.78 is 18.1. The first-order valence-corrected chi connectivity index (χ1v) is 19.5. The zero-order chi connectivity index (χ0) is 38.3. The van der Waals surface area contributed by atoms with E-state index in [4.69, 9.17) is 25.2 Å². The second kappa shape index (κ2) is 15.0. The van der Waals surface area contributed by atoms with Gasteiger partial charge in [-0.3, -0.25) is 9.59 Å². The lowest BCUT2D eigenvalue weighted by Gasteiger charge is -2.32. The van der Waals surface area contributed by atoms with Crippen LogP contribution in [0.5, 0.6) is 11.5 Å². The Labute approximate surface area is 324 Å². The van der Waals surface area contributed by atoms with Crippen LogP contribution in [0.3, 0.4) is 0 Å². The predicted molar refractivity (Wildman–Crippen MR) is 216 cm³/mol. The van der Waals surface area contributed by atoms with E-state index in [9.17, 15) is 14.4 Å². The molecule has 3 aliphatic heterocycles. The Morgan fingerprint density at radius 3 is 2.00 bits per heavy atom. The van der Waals surface area contributed by atoms with Crippen molar-refractivity contribution in [2.24, 2.45) is 11.5 Å². The molecule has 4 aromatic carbocycles. The minimum Gasteiger partial charge on any atom is -0.519 e. The third-order valence-corrected chi connectivity index (χ3v) is 11.8. The highest BCUT2D eigenvalue weighted by Crippen LogP contribution is 2.39. The van der Waals surface area contributed by atoms with Crippen LogP contribution in [0.4, 0.5) is 0 Å². The summed E-state index contributed by atoms with van der Waals surface area (Å²) in [5.41, 5.74) is 19.1. The molecule has 284 valence electrons. The summed E-state index contributed by atoms with van der Waals surface area (Å²) in [5, 5.41) is 1.50. The summed E-state index contributed by atoms with van der Waals surface area (Å²) in [5.74, 6) is 1.68. The normalized spacial score (nSPS) is 16.3. The van der Waals surface area contributed by atoms with E-state index in [0.29, 0.717) is 84.8 Å². The van der Waals surface area contributed by atoms with Crippen LogP contribution >= 0.6 is 0 Å². The molecule has 2 amide bonds. The molecule has 9 rings (SSSR count). The molecule has 0 spiro atoms. The van der Waals surface area contributed by atoms with Crippen molar-refractivity contribution in [3.05, 3.63) is 135 Å². The number of aromatic amines is 1. The maximum absolute atomic E-state index is 13.6. The van der Waals surface area contributed by atoms with Gasteiger partial charge in [0.25, 0.3) is 5.91 Å². The molecule has 0 saturated carbocycles. The predicted octanol–water partition coefficient (Wildman–Crippen LogP) is 5.33. The van der Waals surface area contributed by atoms with Crippen molar-refractivity contribution in [1.29, 1.82) is 0 Å². The van der Waals surface area contributed by atoms with E-state index in [1.54, 1.807) is 12.1 Å².